The third-order valence-electron chi connectivity index (χ3n) is 2.64. The normalized spacial score (nSPS) is 15.2. The van der Waals surface area contributed by atoms with Crippen LogP contribution >= 0.6 is 0 Å². The van der Waals surface area contributed by atoms with Gasteiger partial charge in [0.15, 0.2) is 0 Å². The number of methoxy groups -OCH3 is 1. The SMILES string of the molecule is COc1cc2c(cc1N)CCCCN2. The van der Waals surface area contributed by atoms with E-state index in [1.54, 1.807) is 7.11 Å². The highest BCUT2D eigenvalue weighted by atomic mass is 16.5. The number of benzene rings is 1. The first kappa shape index (κ1) is 9.19. The predicted molar refractivity (Wildman–Crippen MR) is 58.8 cm³/mol. The van der Waals surface area contributed by atoms with Crippen LogP contribution in [0.2, 0.25) is 0 Å². The maximum atomic E-state index is 5.85. The molecule has 1 aliphatic rings. The van der Waals surface area contributed by atoms with E-state index < -0.39 is 0 Å². The Bertz CT molecular complexity index is 336. The van der Waals surface area contributed by atoms with Crippen molar-refractivity contribution in [1.82, 2.24) is 0 Å². The van der Waals surface area contributed by atoms with Gasteiger partial charge in [-0.3, -0.25) is 0 Å². The molecule has 3 heteroatoms. The average Bonchev–Trinajstić information content (AvgIpc) is 2.41. The van der Waals surface area contributed by atoms with E-state index in [1.165, 1.54) is 24.1 Å². The zero-order valence-corrected chi connectivity index (χ0v) is 8.47. The van der Waals surface area contributed by atoms with E-state index in [-0.39, 0.29) is 0 Å². The Kier molecular flexibility index (Phi) is 2.48. The van der Waals surface area contributed by atoms with E-state index in [0.717, 1.165) is 24.4 Å². The molecule has 1 heterocycles. The summed E-state index contributed by atoms with van der Waals surface area (Å²) in [5, 5.41) is 3.39. The fraction of sp³-hybridized carbons (Fsp3) is 0.455. The van der Waals surface area contributed by atoms with Gasteiger partial charge >= 0.3 is 0 Å². The van der Waals surface area contributed by atoms with Crippen molar-refractivity contribution in [2.45, 2.75) is 19.3 Å². The topological polar surface area (TPSA) is 47.3 Å². The van der Waals surface area contributed by atoms with Crippen molar-refractivity contribution < 1.29 is 4.74 Å². The first-order valence-corrected chi connectivity index (χ1v) is 5.01. The van der Waals surface area contributed by atoms with E-state index in [2.05, 4.69) is 5.32 Å². The molecule has 0 aromatic heterocycles. The lowest BCUT2D eigenvalue weighted by Crippen LogP contribution is -2.01. The van der Waals surface area contributed by atoms with Gasteiger partial charge in [0.2, 0.25) is 0 Å². The smallest absolute Gasteiger partial charge is 0.143 e. The molecule has 0 aliphatic carbocycles. The summed E-state index contributed by atoms with van der Waals surface area (Å²) in [4.78, 5) is 0. The molecular weight excluding hydrogens is 176 g/mol. The van der Waals surface area contributed by atoms with Crippen molar-refractivity contribution in [2.24, 2.45) is 0 Å². The van der Waals surface area contributed by atoms with Gasteiger partial charge in [-0.2, -0.15) is 0 Å². The average molecular weight is 192 g/mol. The molecule has 3 N–H and O–H groups in total. The second kappa shape index (κ2) is 3.78. The van der Waals surface area contributed by atoms with Crippen molar-refractivity contribution in [3.8, 4) is 5.75 Å². The minimum Gasteiger partial charge on any atom is -0.495 e. The molecule has 1 aromatic carbocycles. The maximum absolute atomic E-state index is 5.85. The van der Waals surface area contributed by atoms with Gasteiger partial charge in [-0.05, 0) is 30.9 Å². The molecule has 2 rings (SSSR count). The quantitative estimate of drug-likeness (QED) is 0.669. The summed E-state index contributed by atoms with van der Waals surface area (Å²) < 4.78 is 5.19. The number of nitrogen functional groups attached to an aromatic ring is 1. The summed E-state index contributed by atoms with van der Waals surface area (Å²) in [6, 6.07) is 4.02. The van der Waals surface area contributed by atoms with Crippen molar-refractivity contribution >= 4 is 11.4 Å². The Morgan fingerprint density at radius 2 is 2.21 bits per heavy atom. The Balaban J connectivity index is 2.41. The van der Waals surface area contributed by atoms with Gasteiger partial charge in [0.05, 0.1) is 12.8 Å². The van der Waals surface area contributed by atoms with E-state index >= 15 is 0 Å². The van der Waals surface area contributed by atoms with Gasteiger partial charge in [-0.1, -0.05) is 0 Å². The van der Waals surface area contributed by atoms with Crippen LogP contribution in [0.3, 0.4) is 0 Å². The summed E-state index contributed by atoms with van der Waals surface area (Å²) in [7, 11) is 1.65. The van der Waals surface area contributed by atoms with E-state index in [9.17, 15) is 0 Å². The fourth-order valence-electron chi connectivity index (χ4n) is 1.86. The van der Waals surface area contributed by atoms with Gasteiger partial charge in [-0.25, -0.2) is 0 Å². The molecule has 14 heavy (non-hydrogen) atoms. The number of ether oxygens (including phenoxy) is 1. The Hall–Kier alpha value is -1.38. The number of hydrogen-bond donors (Lipinski definition) is 2. The molecule has 76 valence electrons. The zero-order valence-electron chi connectivity index (χ0n) is 8.47. The highest BCUT2D eigenvalue weighted by molar-refractivity contribution is 5.66. The maximum Gasteiger partial charge on any atom is 0.143 e. The summed E-state index contributed by atoms with van der Waals surface area (Å²) in [5.74, 6) is 0.762. The largest absolute Gasteiger partial charge is 0.495 e. The molecule has 0 atom stereocenters. The molecule has 1 aliphatic heterocycles. The third-order valence-corrected chi connectivity index (χ3v) is 2.64. The Morgan fingerprint density at radius 3 is 3.00 bits per heavy atom. The number of nitrogens with one attached hydrogen (secondary N) is 1. The van der Waals surface area contributed by atoms with Crippen molar-refractivity contribution in [1.29, 1.82) is 0 Å². The number of hydrogen-bond acceptors (Lipinski definition) is 3. The van der Waals surface area contributed by atoms with E-state index in [4.69, 9.17) is 10.5 Å². The Morgan fingerprint density at radius 1 is 1.36 bits per heavy atom. The van der Waals surface area contributed by atoms with Gasteiger partial charge in [-0.15, -0.1) is 0 Å². The number of anilines is 2. The Labute approximate surface area is 84.3 Å². The van der Waals surface area contributed by atoms with Gasteiger partial charge in [0.25, 0.3) is 0 Å². The summed E-state index contributed by atoms with van der Waals surface area (Å²) in [6.07, 6.45) is 3.55. The highest BCUT2D eigenvalue weighted by Crippen LogP contribution is 2.31. The minimum atomic E-state index is 0.731. The van der Waals surface area contributed by atoms with Crippen LogP contribution in [0.15, 0.2) is 12.1 Å². The lowest BCUT2D eigenvalue weighted by molar-refractivity contribution is 0.417. The van der Waals surface area contributed by atoms with Crippen LogP contribution in [0.5, 0.6) is 5.75 Å². The number of fused-ring (bicyclic) bond motifs is 1. The van der Waals surface area contributed by atoms with Crippen molar-refractivity contribution in [3.05, 3.63) is 17.7 Å². The van der Waals surface area contributed by atoms with Gasteiger partial charge in [0.1, 0.15) is 5.75 Å². The molecule has 3 nitrogen and oxygen atoms in total. The standard InChI is InChI=1S/C11H16N2O/c1-14-11-7-10-8(6-9(11)12)4-2-3-5-13-10/h6-7,13H,2-5,12H2,1H3. The molecule has 0 saturated carbocycles. The van der Waals surface area contributed by atoms with Gasteiger partial charge < -0.3 is 15.8 Å². The number of aryl methyl sites for hydroxylation is 1. The molecule has 1 aromatic rings. The zero-order chi connectivity index (χ0) is 9.97. The second-order valence-electron chi connectivity index (χ2n) is 3.64. The monoisotopic (exact) mass is 192 g/mol. The molecule has 0 radical (unpaired) electrons. The minimum absolute atomic E-state index is 0.731. The van der Waals surface area contributed by atoms with Crippen LogP contribution in [-0.4, -0.2) is 13.7 Å². The van der Waals surface area contributed by atoms with Crippen LogP contribution in [0, 0.1) is 0 Å². The van der Waals surface area contributed by atoms with Crippen LogP contribution in [-0.2, 0) is 6.42 Å². The first-order chi connectivity index (χ1) is 6.81. The molecular formula is C11H16N2O. The van der Waals surface area contributed by atoms with Gasteiger partial charge in [0, 0.05) is 18.3 Å². The molecule has 0 saturated heterocycles. The van der Waals surface area contributed by atoms with Crippen molar-refractivity contribution in [2.75, 3.05) is 24.7 Å². The van der Waals surface area contributed by atoms with Crippen molar-refractivity contribution in [3.63, 3.8) is 0 Å². The molecule has 0 amide bonds. The molecule has 0 fully saturated rings. The lowest BCUT2D eigenvalue weighted by atomic mass is 10.1. The highest BCUT2D eigenvalue weighted by Gasteiger charge is 2.10. The summed E-state index contributed by atoms with van der Waals surface area (Å²) >= 11 is 0. The number of rotatable bonds is 1. The first-order valence-electron chi connectivity index (χ1n) is 5.01. The van der Waals surface area contributed by atoms with Crippen LogP contribution in [0.25, 0.3) is 0 Å². The fourth-order valence-corrected chi connectivity index (χ4v) is 1.86. The van der Waals surface area contributed by atoms with Crippen LogP contribution in [0.1, 0.15) is 18.4 Å². The second-order valence-corrected chi connectivity index (χ2v) is 3.64. The van der Waals surface area contributed by atoms with E-state index in [1.807, 2.05) is 12.1 Å². The third kappa shape index (κ3) is 1.62. The predicted octanol–water partition coefficient (Wildman–Crippen LogP) is 2.03. The van der Waals surface area contributed by atoms with E-state index in [0.29, 0.717) is 0 Å². The molecule has 0 unspecified atom stereocenters. The van der Waals surface area contributed by atoms with Crippen LogP contribution < -0.4 is 15.8 Å². The lowest BCUT2D eigenvalue weighted by Gasteiger charge is -2.11. The number of nitrogens with two attached hydrogens (primary N) is 1. The molecule has 0 spiro atoms. The summed E-state index contributed by atoms with van der Waals surface area (Å²) in [5.41, 5.74) is 9.07. The molecule has 0 bridgehead atoms. The summed E-state index contributed by atoms with van der Waals surface area (Å²) in [6.45, 7) is 1.04. The van der Waals surface area contributed by atoms with Crippen LogP contribution in [0.4, 0.5) is 11.4 Å².